The van der Waals surface area contributed by atoms with Crippen LogP contribution < -0.4 is 15.2 Å². The molecule has 1 fully saturated rings. The molecule has 0 aliphatic carbocycles. The molecule has 2 aliphatic rings. The third kappa shape index (κ3) is 4.87. The summed E-state index contributed by atoms with van der Waals surface area (Å²) in [6.45, 7) is 5.49. The predicted octanol–water partition coefficient (Wildman–Crippen LogP) is 3.20. The number of rotatable bonds is 6. The number of ether oxygens (including phenoxy) is 1. The lowest BCUT2D eigenvalue weighted by molar-refractivity contribution is 0.194. The molecule has 2 aromatic carbocycles. The number of aromatic amines is 1. The number of fused-ring (bicyclic) bond motifs is 2. The van der Waals surface area contributed by atoms with Gasteiger partial charge in [-0.05, 0) is 75.0 Å². The van der Waals surface area contributed by atoms with Gasteiger partial charge in [-0.15, -0.1) is 0 Å². The molecule has 5 rings (SSSR count). The number of pyridine rings is 1. The van der Waals surface area contributed by atoms with Crippen LogP contribution in [0.1, 0.15) is 24.0 Å². The summed E-state index contributed by atoms with van der Waals surface area (Å²) in [7, 11) is 0.184. The van der Waals surface area contributed by atoms with Gasteiger partial charge in [0.25, 0.3) is 5.56 Å². The highest BCUT2D eigenvalue weighted by molar-refractivity contribution is 7.89. The zero-order valence-electron chi connectivity index (χ0n) is 21.2. The van der Waals surface area contributed by atoms with Crippen molar-refractivity contribution in [1.82, 2.24) is 14.2 Å². The first-order chi connectivity index (χ1) is 17.2. The van der Waals surface area contributed by atoms with Gasteiger partial charge < -0.3 is 19.5 Å². The first kappa shape index (κ1) is 24.8. The van der Waals surface area contributed by atoms with E-state index in [1.54, 1.807) is 18.2 Å². The fourth-order valence-corrected chi connectivity index (χ4v) is 6.67. The molecule has 1 N–H and O–H groups in total. The maximum Gasteiger partial charge on any atom is 0.252 e. The first-order valence-electron chi connectivity index (χ1n) is 12.5. The van der Waals surface area contributed by atoms with Gasteiger partial charge in [0.2, 0.25) is 10.0 Å². The number of aromatic nitrogens is 1. The lowest BCUT2D eigenvalue weighted by Gasteiger charge is -2.33. The lowest BCUT2D eigenvalue weighted by atomic mass is 9.97. The van der Waals surface area contributed by atoms with Gasteiger partial charge in [0.15, 0.2) is 0 Å². The van der Waals surface area contributed by atoms with Crippen molar-refractivity contribution >= 4 is 26.6 Å². The molecule has 192 valence electrons. The summed E-state index contributed by atoms with van der Waals surface area (Å²) in [5, 5.41) is 0.895. The zero-order chi connectivity index (χ0) is 25.4. The number of sulfonamides is 1. The van der Waals surface area contributed by atoms with Crippen LogP contribution in [0.25, 0.3) is 10.9 Å². The number of likely N-dealkylation sites (tertiary alicyclic amines) is 1. The number of benzene rings is 2. The van der Waals surface area contributed by atoms with Crippen LogP contribution in [0.2, 0.25) is 0 Å². The molecule has 3 heterocycles. The standard InChI is InChI=1S/C27H34N4O4S/c1-19-5-4-6-21-15-22(27(32)28-26(19)21)18-31(17-20-9-11-29(2)12-10-20)36(33,34)23-7-8-24-25(16-23)35-14-13-30(24)3/h4-8,15-16,20H,9-14,17-18H2,1-3H3,(H,28,32). The number of H-pyrrole nitrogens is 1. The minimum Gasteiger partial charge on any atom is -0.490 e. The second-order valence-corrected chi connectivity index (χ2v) is 12.0. The van der Waals surface area contributed by atoms with Crippen molar-refractivity contribution < 1.29 is 13.2 Å². The Morgan fingerprint density at radius 2 is 1.86 bits per heavy atom. The van der Waals surface area contributed by atoms with Gasteiger partial charge in [-0.3, -0.25) is 4.79 Å². The van der Waals surface area contributed by atoms with E-state index in [1.807, 2.05) is 38.2 Å². The number of piperidine rings is 1. The molecule has 0 saturated carbocycles. The van der Waals surface area contributed by atoms with Gasteiger partial charge in [0, 0.05) is 31.8 Å². The Morgan fingerprint density at radius 3 is 2.64 bits per heavy atom. The van der Waals surface area contributed by atoms with Gasteiger partial charge in [-0.25, -0.2) is 8.42 Å². The molecule has 9 heteroatoms. The maximum absolute atomic E-state index is 14.0. The quantitative estimate of drug-likeness (QED) is 0.548. The smallest absolute Gasteiger partial charge is 0.252 e. The van der Waals surface area contributed by atoms with E-state index in [-0.39, 0.29) is 22.9 Å². The van der Waals surface area contributed by atoms with Crippen molar-refractivity contribution in [3.8, 4) is 5.75 Å². The highest BCUT2D eigenvalue weighted by atomic mass is 32.2. The SMILES string of the molecule is Cc1cccc2cc(CN(CC3CCN(C)CC3)S(=O)(=O)c3ccc4c(c3)OCCN4C)c(=O)[nH]c12. The summed E-state index contributed by atoms with van der Waals surface area (Å²) in [6.07, 6.45) is 1.85. The third-order valence-corrected chi connectivity index (χ3v) is 9.28. The second kappa shape index (κ2) is 9.88. The second-order valence-electron chi connectivity index (χ2n) is 10.1. The van der Waals surface area contributed by atoms with Crippen molar-refractivity contribution in [3.05, 3.63) is 63.9 Å². The predicted molar refractivity (Wildman–Crippen MR) is 142 cm³/mol. The number of nitrogens with one attached hydrogen (secondary N) is 1. The summed E-state index contributed by atoms with van der Waals surface area (Å²) in [5.74, 6) is 0.806. The van der Waals surface area contributed by atoms with Gasteiger partial charge in [0.05, 0.1) is 22.6 Å². The Labute approximate surface area is 212 Å². The van der Waals surface area contributed by atoms with Gasteiger partial charge >= 0.3 is 0 Å². The Kier molecular flexibility index (Phi) is 6.80. The van der Waals surface area contributed by atoms with Crippen LogP contribution in [-0.2, 0) is 16.6 Å². The van der Waals surface area contributed by atoms with E-state index in [2.05, 4.69) is 21.8 Å². The van der Waals surface area contributed by atoms with E-state index in [0.29, 0.717) is 24.5 Å². The van der Waals surface area contributed by atoms with Crippen LogP contribution in [0.5, 0.6) is 5.75 Å². The molecule has 2 aliphatic heterocycles. The minimum absolute atomic E-state index is 0.0196. The van der Waals surface area contributed by atoms with Gasteiger partial charge in [0.1, 0.15) is 12.4 Å². The van der Waals surface area contributed by atoms with Crippen LogP contribution in [0, 0.1) is 12.8 Å². The summed E-state index contributed by atoms with van der Waals surface area (Å²) in [6, 6.07) is 12.7. The van der Waals surface area contributed by atoms with Gasteiger partial charge in [-0.1, -0.05) is 18.2 Å². The Balaban J connectivity index is 1.52. The molecule has 1 saturated heterocycles. The van der Waals surface area contributed by atoms with Crippen molar-refractivity contribution in [3.63, 3.8) is 0 Å². The first-order valence-corrected chi connectivity index (χ1v) is 13.9. The average Bonchev–Trinajstić information content (AvgIpc) is 2.86. The Bertz CT molecular complexity index is 1430. The zero-order valence-corrected chi connectivity index (χ0v) is 22.0. The van der Waals surface area contributed by atoms with Crippen LogP contribution in [-0.4, -0.2) is 69.5 Å². The summed E-state index contributed by atoms with van der Waals surface area (Å²) >= 11 is 0. The van der Waals surface area contributed by atoms with E-state index < -0.39 is 10.0 Å². The van der Waals surface area contributed by atoms with Crippen molar-refractivity contribution in [2.75, 3.05) is 51.8 Å². The molecule has 1 aromatic heterocycles. The highest BCUT2D eigenvalue weighted by Gasteiger charge is 2.31. The number of anilines is 1. The molecule has 0 amide bonds. The number of hydrogen-bond acceptors (Lipinski definition) is 6. The summed E-state index contributed by atoms with van der Waals surface area (Å²) < 4.78 is 35.3. The normalized spacial score (nSPS) is 17.4. The van der Waals surface area contributed by atoms with Crippen molar-refractivity contribution in [2.24, 2.45) is 5.92 Å². The van der Waals surface area contributed by atoms with E-state index in [1.165, 1.54) is 4.31 Å². The molecule has 36 heavy (non-hydrogen) atoms. The topological polar surface area (TPSA) is 86.0 Å². The molecule has 0 atom stereocenters. The molecule has 3 aromatic rings. The van der Waals surface area contributed by atoms with Crippen LogP contribution in [0.4, 0.5) is 5.69 Å². The number of aryl methyl sites for hydroxylation is 1. The highest BCUT2D eigenvalue weighted by Crippen LogP contribution is 2.34. The van der Waals surface area contributed by atoms with E-state index >= 15 is 0 Å². The minimum atomic E-state index is -3.87. The average molecular weight is 511 g/mol. The molecule has 0 spiro atoms. The molecule has 0 unspecified atom stereocenters. The van der Waals surface area contributed by atoms with Crippen LogP contribution >= 0.6 is 0 Å². The van der Waals surface area contributed by atoms with Crippen LogP contribution in [0.3, 0.4) is 0 Å². The Hall–Kier alpha value is -2.88. The monoisotopic (exact) mass is 510 g/mol. The summed E-state index contributed by atoms with van der Waals surface area (Å²) in [4.78, 5) is 20.5. The van der Waals surface area contributed by atoms with Crippen LogP contribution in [0.15, 0.2) is 52.2 Å². The van der Waals surface area contributed by atoms with Crippen molar-refractivity contribution in [1.29, 1.82) is 0 Å². The molecular formula is C27H34N4O4S. The number of likely N-dealkylation sites (N-methyl/N-ethyl adjacent to an activating group) is 1. The molecule has 8 nitrogen and oxygen atoms in total. The maximum atomic E-state index is 14.0. The largest absolute Gasteiger partial charge is 0.490 e. The fourth-order valence-electron chi connectivity index (χ4n) is 5.16. The van der Waals surface area contributed by atoms with Gasteiger partial charge in [-0.2, -0.15) is 4.31 Å². The lowest BCUT2D eigenvalue weighted by Crippen LogP contribution is -2.40. The Morgan fingerprint density at radius 1 is 1.08 bits per heavy atom. The third-order valence-electron chi connectivity index (χ3n) is 7.48. The van der Waals surface area contributed by atoms with E-state index in [4.69, 9.17) is 4.74 Å². The van der Waals surface area contributed by atoms with E-state index in [9.17, 15) is 13.2 Å². The molecule has 0 radical (unpaired) electrons. The number of hydrogen-bond donors (Lipinski definition) is 1. The summed E-state index contributed by atoms with van der Waals surface area (Å²) in [5.41, 5.74) is 2.83. The van der Waals surface area contributed by atoms with Crippen molar-refractivity contribution in [2.45, 2.75) is 31.2 Å². The molecule has 0 bridgehead atoms. The number of nitrogens with zero attached hydrogens (tertiary/aromatic N) is 3. The fraction of sp³-hybridized carbons (Fsp3) is 0.444. The van der Waals surface area contributed by atoms with E-state index in [0.717, 1.165) is 54.6 Å². The molecular weight excluding hydrogens is 476 g/mol. The number of para-hydroxylation sites is 1.